The zero-order valence-corrected chi connectivity index (χ0v) is 16.0. The molecule has 1 saturated carbocycles. The molecule has 1 amide bonds. The van der Waals surface area contributed by atoms with Crippen molar-refractivity contribution in [1.82, 2.24) is 14.1 Å². The number of nitrogens with zero attached hydrogens (tertiary/aromatic N) is 3. The van der Waals surface area contributed by atoms with Gasteiger partial charge in [0.05, 0.1) is 10.9 Å². The zero-order chi connectivity index (χ0) is 17.3. The minimum atomic E-state index is -3.47. The normalized spacial score (nSPS) is 20.2. The summed E-state index contributed by atoms with van der Waals surface area (Å²) in [7, 11) is -1.62. The first kappa shape index (κ1) is 18.1. The SMILES string of the molecule is CN(CC1CC1)C(=O)CN1CCN(S(=O)(=O)c2ccc(Cl)s2)CC1. The minimum absolute atomic E-state index is 0.114. The Labute approximate surface area is 152 Å². The third-order valence-corrected chi connectivity index (χ3v) is 8.08. The second kappa shape index (κ2) is 7.29. The van der Waals surface area contributed by atoms with Gasteiger partial charge in [-0.3, -0.25) is 9.69 Å². The topological polar surface area (TPSA) is 60.9 Å². The van der Waals surface area contributed by atoms with Gasteiger partial charge < -0.3 is 4.90 Å². The predicted octanol–water partition coefficient (Wildman–Crippen LogP) is 1.58. The highest BCUT2D eigenvalue weighted by Crippen LogP contribution is 2.30. The van der Waals surface area contributed by atoms with E-state index in [9.17, 15) is 13.2 Å². The van der Waals surface area contributed by atoms with Gasteiger partial charge in [-0.25, -0.2) is 8.42 Å². The largest absolute Gasteiger partial charge is 0.344 e. The predicted molar refractivity (Wildman–Crippen MR) is 94.9 cm³/mol. The molecule has 1 aliphatic carbocycles. The summed E-state index contributed by atoms with van der Waals surface area (Å²) in [4.78, 5) is 16.0. The summed E-state index contributed by atoms with van der Waals surface area (Å²) in [5, 5.41) is 0. The summed E-state index contributed by atoms with van der Waals surface area (Å²) in [6, 6.07) is 3.15. The lowest BCUT2D eigenvalue weighted by Gasteiger charge is -2.34. The third-order valence-electron chi connectivity index (χ3n) is 4.49. The number of thiophene rings is 1. The molecule has 24 heavy (non-hydrogen) atoms. The molecule has 2 heterocycles. The Balaban J connectivity index is 1.51. The maximum Gasteiger partial charge on any atom is 0.252 e. The van der Waals surface area contributed by atoms with E-state index >= 15 is 0 Å². The second-order valence-corrected chi connectivity index (χ2v) is 10.3. The number of rotatable bonds is 6. The van der Waals surface area contributed by atoms with E-state index in [2.05, 4.69) is 0 Å². The molecule has 1 saturated heterocycles. The summed E-state index contributed by atoms with van der Waals surface area (Å²) in [6.07, 6.45) is 2.45. The van der Waals surface area contributed by atoms with Crippen LogP contribution in [0.3, 0.4) is 0 Å². The number of carbonyl (C=O) groups is 1. The van der Waals surface area contributed by atoms with Gasteiger partial charge in [-0.1, -0.05) is 11.6 Å². The van der Waals surface area contributed by atoms with Crippen molar-refractivity contribution < 1.29 is 13.2 Å². The van der Waals surface area contributed by atoms with Crippen molar-refractivity contribution >= 4 is 38.9 Å². The molecule has 1 aromatic rings. The number of piperazine rings is 1. The van der Waals surface area contributed by atoms with Crippen LogP contribution in [0.4, 0.5) is 0 Å². The molecule has 0 unspecified atom stereocenters. The molecule has 3 rings (SSSR count). The summed E-state index contributed by atoms with van der Waals surface area (Å²) < 4.78 is 27.3. The molecule has 0 spiro atoms. The lowest BCUT2D eigenvalue weighted by Crippen LogP contribution is -2.51. The van der Waals surface area contributed by atoms with E-state index in [1.807, 2.05) is 11.9 Å². The van der Waals surface area contributed by atoms with Gasteiger partial charge in [-0.15, -0.1) is 11.3 Å². The molecule has 0 N–H and O–H groups in total. The van der Waals surface area contributed by atoms with Gasteiger partial charge >= 0.3 is 0 Å². The van der Waals surface area contributed by atoms with Gasteiger partial charge in [-0.05, 0) is 30.9 Å². The van der Waals surface area contributed by atoms with Crippen LogP contribution in [0.2, 0.25) is 4.34 Å². The van der Waals surface area contributed by atoms with E-state index in [-0.39, 0.29) is 10.1 Å². The number of hydrogen-bond acceptors (Lipinski definition) is 5. The summed E-state index contributed by atoms with van der Waals surface area (Å²) >= 11 is 6.92. The van der Waals surface area contributed by atoms with Crippen LogP contribution < -0.4 is 0 Å². The average molecular weight is 392 g/mol. The molecule has 6 nitrogen and oxygen atoms in total. The van der Waals surface area contributed by atoms with E-state index in [1.165, 1.54) is 17.1 Å². The van der Waals surface area contributed by atoms with Gasteiger partial charge in [0.15, 0.2) is 0 Å². The second-order valence-electron chi connectivity index (χ2n) is 6.46. The molecular formula is C15H22ClN3O3S2. The van der Waals surface area contributed by atoms with Crippen LogP contribution >= 0.6 is 22.9 Å². The Hall–Kier alpha value is -0.670. The van der Waals surface area contributed by atoms with E-state index in [4.69, 9.17) is 11.6 Å². The van der Waals surface area contributed by atoms with Crippen LogP contribution in [0.1, 0.15) is 12.8 Å². The first-order chi connectivity index (χ1) is 11.4. The molecule has 1 aliphatic heterocycles. The van der Waals surface area contributed by atoms with Crippen molar-refractivity contribution in [2.75, 3.05) is 46.3 Å². The Kier molecular flexibility index (Phi) is 5.51. The molecule has 0 atom stereocenters. The van der Waals surface area contributed by atoms with Gasteiger partial charge in [0, 0.05) is 39.8 Å². The maximum atomic E-state index is 12.5. The Bertz CT molecular complexity index is 695. The number of sulfonamides is 1. The summed E-state index contributed by atoms with van der Waals surface area (Å²) in [6.45, 7) is 3.14. The van der Waals surface area contributed by atoms with E-state index in [0.717, 1.165) is 17.9 Å². The maximum absolute atomic E-state index is 12.5. The van der Waals surface area contributed by atoms with Gasteiger partial charge in [0.1, 0.15) is 4.21 Å². The van der Waals surface area contributed by atoms with Crippen molar-refractivity contribution in [3.63, 3.8) is 0 Å². The number of halogens is 1. The van der Waals surface area contributed by atoms with Crippen LogP contribution in [0.25, 0.3) is 0 Å². The van der Waals surface area contributed by atoms with Gasteiger partial charge in [0.2, 0.25) is 5.91 Å². The Morgan fingerprint density at radius 2 is 1.96 bits per heavy atom. The summed E-state index contributed by atoms with van der Waals surface area (Å²) in [5.41, 5.74) is 0. The quantitative estimate of drug-likeness (QED) is 0.738. The first-order valence-corrected chi connectivity index (χ1v) is 10.7. The first-order valence-electron chi connectivity index (χ1n) is 8.08. The number of likely N-dealkylation sites (N-methyl/N-ethyl adjacent to an activating group) is 1. The van der Waals surface area contributed by atoms with Crippen molar-refractivity contribution in [2.24, 2.45) is 5.92 Å². The molecular weight excluding hydrogens is 370 g/mol. The highest BCUT2D eigenvalue weighted by Gasteiger charge is 2.31. The highest BCUT2D eigenvalue weighted by atomic mass is 35.5. The van der Waals surface area contributed by atoms with Crippen molar-refractivity contribution in [1.29, 1.82) is 0 Å². The molecule has 134 valence electrons. The Morgan fingerprint density at radius 1 is 1.29 bits per heavy atom. The fraction of sp³-hybridized carbons (Fsp3) is 0.667. The Morgan fingerprint density at radius 3 is 2.50 bits per heavy atom. The molecule has 0 aromatic carbocycles. The highest BCUT2D eigenvalue weighted by molar-refractivity contribution is 7.91. The van der Waals surface area contributed by atoms with Gasteiger partial charge in [-0.2, -0.15) is 4.31 Å². The smallest absolute Gasteiger partial charge is 0.252 e. The molecule has 2 fully saturated rings. The standard InChI is InChI=1S/C15H22ClN3O3S2/c1-17(10-12-2-3-12)14(20)11-18-6-8-19(9-7-18)24(21,22)15-5-4-13(16)23-15/h4-5,12H,2-3,6-11H2,1H3. The zero-order valence-electron chi connectivity index (χ0n) is 13.6. The van der Waals surface area contributed by atoms with Crippen molar-refractivity contribution in [3.8, 4) is 0 Å². The molecule has 1 aromatic heterocycles. The van der Waals surface area contributed by atoms with Crippen LogP contribution in [-0.2, 0) is 14.8 Å². The molecule has 9 heteroatoms. The number of amides is 1. The minimum Gasteiger partial charge on any atom is -0.344 e. The van der Waals surface area contributed by atoms with Crippen LogP contribution in [0.15, 0.2) is 16.3 Å². The van der Waals surface area contributed by atoms with E-state index in [1.54, 1.807) is 17.0 Å². The number of carbonyl (C=O) groups excluding carboxylic acids is 1. The molecule has 0 bridgehead atoms. The lowest BCUT2D eigenvalue weighted by atomic mass is 10.3. The van der Waals surface area contributed by atoms with Crippen LogP contribution in [0.5, 0.6) is 0 Å². The average Bonchev–Trinajstić information content (AvgIpc) is 3.25. The fourth-order valence-electron chi connectivity index (χ4n) is 2.79. The summed E-state index contributed by atoms with van der Waals surface area (Å²) in [5.74, 6) is 0.793. The van der Waals surface area contributed by atoms with Crippen molar-refractivity contribution in [3.05, 3.63) is 16.5 Å². The molecule has 0 radical (unpaired) electrons. The fourth-order valence-corrected chi connectivity index (χ4v) is 5.85. The number of hydrogen-bond donors (Lipinski definition) is 0. The van der Waals surface area contributed by atoms with Gasteiger partial charge in [0.25, 0.3) is 10.0 Å². The van der Waals surface area contributed by atoms with Crippen LogP contribution in [-0.4, -0.2) is 74.7 Å². The van der Waals surface area contributed by atoms with Crippen molar-refractivity contribution in [2.45, 2.75) is 17.1 Å². The lowest BCUT2D eigenvalue weighted by molar-refractivity contribution is -0.131. The molecule has 2 aliphatic rings. The van der Waals surface area contributed by atoms with Crippen LogP contribution in [0, 0.1) is 5.92 Å². The van der Waals surface area contributed by atoms with E-state index < -0.39 is 10.0 Å². The third kappa shape index (κ3) is 4.29. The van der Waals surface area contributed by atoms with E-state index in [0.29, 0.717) is 43.0 Å². The monoisotopic (exact) mass is 391 g/mol.